The van der Waals surface area contributed by atoms with Crippen molar-refractivity contribution >= 4 is 11.8 Å². The van der Waals surface area contributed by atoms with E-state index in [1.807, 2.05) is 35.4 Å². The average molecular weight is 364 g/mol. The molecule has 0 aliphatic carbocycles. The Hall–Kier alpha value is -2.73. The van der Waals surface area contributed by atoms with Crippen molar-refractivity contribution in [1.29, 1.82) is 0 Å². The molecular weight excluding hydrogens is 340 g/mol. The summed E-state index contributed by atoms with van der Waals surface area (Å²) in [5.41, 5.74) is 3.57. The largest absolute Gasteiger partial charge is 0.353 e. The summed E-state index contributed by atoms with van der Waals surface area (Å²) in [6.07, 6.45) is 4.64. The second-order valence-corrected chi connectivity index (χ2v) is 7.18. The normalized spacial score (nSPS) is 20.1. The van der Waals surface area contributed by atoms with Crippen LogP contribution < -0.4 is 5.32 Å². The number of nitrogens with zero attached hydrogens (tertiary/aromatic N) is 3. The molecule has 140 valence electrons. The van der Waals surface area contributed by atoms with Crippen LogP contribution in [0.15, 0.2) is 48.8 Å². The van der Waals surface area contributed by atoms with E-state index in [-0.39, 0.29) is 18.2 Å². The summed E-state index contributed by atoms with van der Waals surface area (Å²) in [6.45, 7) is 3.32. The van der Waals surface area contributed by atoms with Gasteiger partial charge in [-0.25, -0.2) is 0 Å². The fourth-order valence-electron chi connectivity index (χ4n) is 3.90. The highest BCUT2D eigenvalue weighted by Gasteiger charge is 2.33. The van der Waals surface area contributed by atoms with Crippen LogP contribution in [0.1, 0.15) is 23.1 Å². The highest BCUT2D eigenvalue weighted by atomic mass is 16.2. The molecule has 2 amide bonds. The number of hydrogen-bond acceptors (Lipinski definition) is 4. The van der Waals surface area contributed by atoms with Gasteiger partial charge in [0.15, 0.2) is 0 Å². The summed E-state index contributed by atoms with van der Waals surface area (Å²) >= 11 is 0. The van der Waals surface area contributed by atoms with Crippen LogP contribution in [0, 0.1) is 0 Å². The standard InChI is InChI=1S/C21H24N4O2/c26-20(25-10-7-17-5-1-2-6-18(17)15-25)12-19-21(27)23-9-11-24(19)14-16-4-3-8-22-13-16/h1-6,8,13,19H,7,9-12,14-15H2,(H,23,27). The van der Waals surface area contributed by atoms with Crippen molar-refractivity contribution in [1.82, 2.24) is 20.1 Å². The number of carbonyl (C=O) groups excluding carboxylic acids is 2. The lowest BCUT2D eigenvalue weighted by molar-refractivity contribution is -0.139. The quantitative estimate of drug-likeness (QED) is 0.890. The molecule has 1 unspecified atom stereocenters. The van der Waals surface area contributed by atoms with Gasteiger partial charge in [0.05, 0.1) is 12.5 Å². The maximum absolute atomic E-state index is 12.9. The molecular formula is C21H24N4O2. The molecule has 3 heterocycles. The molecule has 1 saturated heterocycles. The van der Waals surface area contributed by atoms with E-state index in [1.165, 1.54) is 11.1 Å². The summed E-state index contributed by atoms with van der Waals surface area (Å²) < 4.78 is 0. The Balaban J connectivity index is 1.44. The molecule has 6 nitrogen and oxygen atoms in total. The van der Waals surface area contributed by atoms with E-state index >= 15 is 0 Å². The number of rotatable bonds is 4. The molecule has 2 aliphatic rings. The lowest BCUT2D eigenvalue weighted by atomic mass is 9.99. The van der Waals surface area contributed by atoms with Gasteiger partial charge in [0.2, 0.25) is 11.8 Å². The first-order valence-electron chi connectivity index (χ1n) is 9.46. The third-order valence-corrected chi connectivity index (χ3v) is 5.40. The molecule has 1 aromatic heterocycles. The number of piperazine rings is 1. The maximum atomic E-state index is 12.9. The maximum Gasteiger partial charge on any atom is 0.237 e. The minimum atomic E-state index is -0.427. The lowest BCUT2D eigenvalue weighted by Crippen LogP contribution is -2.56. The van der Waals surface area contributed by atoms with E-state index in [1.54, 1.807) is 6.20 Å². The van der Waals surface area contributed by atoms with Crippen LogP contribution in [0.5, 0.6) is 0 Å². The van der Waals surface area contributed by atoms with Crippen molar-refractivity contribution in [3.8, 4) is 0 Å². The number of pyridine rings is 1. The van der Waals surface area contributed by atoms with Crippen molar-refractivity contribution in [2.24, 2.45) is 0 Å². The van der Waals surface area contributed by atoms with Crippen LogP contribution in [0.4, 0.5) is 0 Å². The Morgan fingerprint density at radius 2 is 2.00 bits per heavy atom. The molecule has 2 aliphatic heterocycles. The number of aromatic nitrogens is 1. The first-order valence-corrected chi connectivity index (χ1v) is 9.46. The molecule has 1 aromatic carbocycles. The summed E-state index contributed by atoms with van der Waals surface area (Å²) in [5.74, 6) is -0.0151. The smallest absolute Gasteiger partial charge is 0.237 e. The van der Waals surface area contributed by atoms with Crippen molar-refractivity contribution in [3.05, 3.63) is 65.5 Å². The number of nitrogens with one attached hydrogen (secondary N) is 1. The predicted molar refractivity (Wildman–Crippen MR) is 102 cm³/mol. The molecule has 6 heteroatoms. The molecule has 2 aromatic rings. The fraction of sp³-hybridized carbons (Fsp3) is 0.381. The predicted octanol–water partition coefficient (Wildman–Crippen LogP) is 1.36. The highest BCUT2D eigenvalue weighted by Crippen LogP contribution is 2.21. The topological polar surface area (TPSA) is 65.5 Å². The van der Waals surface area contributed by atoms with Gasteiger partial charge in [0, 0.05) is 45.1 Å². The Morgan fingerprint density at radius 1 is 1.15 bits per heavy atom. The third-order valence-electron chi connectivity index (χ3n) is 5.40. The summed E-state index contributed by atoms with van der Waals surface area (Å²) in [6, 6.07) is 11.7. The molecule has 0 spiro atoms. The SMILES string of the molecule is O=C1NCCN(Cc2cccnc2)C1CC(=O)N1CCc2ccccc2C1. The molecule has 1 fully saturated rings. The number of benzene rings is 1. The van der Waals surface area contributed by atoms with Crippen molar-refractivity contribution in [2.75, 3.05) is 19.6 Å². The second-order valence-electron chi connectivity index (χ2n) is 7.18. The van der Waals surface area contributed by atoms with E-state index in [4.69, 9.17) is 0 Å². The van der Waals surface area contributed by atoms with Crippen LogP contribution in [-0.4, -0.2) is 52.3 Å². The Bertz CT molecular complexity index is 824. The van der Waals surface area contributed by atoms with E-state index in [2.05, 4.69) is 27.3 Å². The van der Waals surface area contributed by atoms with Crippen molar-refractivity contribution in [2.45, 2.75) is 32.0 Å². The van der Waals surface area contributed by atoms with Crippen molar-refractivity contribution in [3.63, 3.8) is 0 Å². The van der Waals surface area contributed by atoms with Gasteiger partial charge in [-0.05, 0) is 29.2 Å². The molecule has 0 saturated carbocycles. The van der Waals surface area contributed by atoms with Crippen LogP contribution >= 0.6 is 0 Å². The molecule has 1 atom stereocenters. The van der Waals surface area contributed by atoms with E-state index in [0.717, 1.165) is 18.5 Å². The molecule has 4 rings (SSSR count). The third kappa shape index (κ3) is 4.01. The minimum absolute atomic E-state index is 0.0442. The number of fused-ring (bicyclic) bond motifs is 1. The summed E-state index contributed by atoms with van der Waals surface area (Å²) in [7, 11) is 0. The van der Waals surface area contributed by atoms with E-state index in [0.29, 0.717) is 26.2 Å². The van der Waals surface area contributed by atoms with Gasteiger partial charge in [-0.2, -0.15) is 0 Å². The zero-order valence-electron chi connectivity index (χ0n) is 15.3. The fourth-order valence-corrected chi connectivity index (χ4v) is 3.90. The number of hydrogen-bond donors (Lipinski definition) is 1. The van der Waals surface area contributed by atoms with Gasteiger partial charge in [-0.15, -0.1) is 0 Å². The van der Waals surface area contributed by atoms with E-state index < -0.39 is 6.04 Å². The van der Waals surface area contributed by atoms with Gasteiger partial charge in [0.1, 0.15) is 0 Å². The Morgan fingerprint density at radius 3 is 2.81 bits per heavy atom. The summed E-state index contributed by atoms with van der Waals surface area (Å²) in [4.78, 5) is 33.5. The molecule has 0 radical (unpaired) electrons. The van der Waals surface area contributed by atoms with Crippen LogP contribution in [0.25, 0.3) is 0 Å². The van der Waals surface area contributed by atoms with Crippen LogP contribution in [0.2, 0.25) is 0 Å². The average Bonchev–Trinajstić information content (AvgIpc) is 2.71. The van der Waals surface area contributed by atoms with Crippen LogP contribution in [-0.2, 0) is 29.1 Å². The van der Waals surface area contributed by atoms with Gasteiger partial charge in [-0.3, -0.25) is 19.5 Å². The first kappa shape index (κ1) is 17.7. The van der Waals surface area contributed by atoms with E-state index in [9.17, 15) is 9.59 Å². The minimum Gasteiger partial charge on any atom is -0.353 e. The second kappa shape index (κ2) is 7.88. The van der Waals surface area contributed by atoms with Gasteiger partial charge >= 0.3 is 0 Å². The zero-order valence-corrected chi connectivity index (χ0v) is 15.3. The first-order chi connectivity index (χ1) is 13.2. The summed E-state index contributed by atoms with van der Waals surface area (Å²) in [5, 5.41) is 2.90. The van der Waals surface area contributed by atoms with Gasteiger partial charge in [-0.1, -0.05) is 30.3 Å². The monoisotopic (exact) mass is 364 g/mol. The number of amides is 2. The Kier molecular flexibility index (Phi) is 5.16. The highest BCUT2D eigenvalue weighted by molar-refractivity contribution is 5.89. The molecule has 27 heavy (non-hydrogen) atoms. The van der Waals surface area contributed by atoms with Crippen LogP contribution in [0.3, 0.4) is 0 Å². The number of carbonyl (C=O) groups is 2. The molecule has 0 bridgehead atoms. The van der Waals surface area contributed by atoms with Crippen molar-refractivity contribution < 1.29 is 9.59 Å². The Labute approximate surface area is 159 Å². The van der Waals surface area contributed by atoms with Gasteiger partial charge < -0.3 is 10.2 Å². The zero-order chi connectivity index (χ0) is 18.6. The van der Waals surface area contributed by atoms with Gasteiger partial charge in [0.25, 0.3) is 0 Å². The molecule has 1 N–H and O–H groups in total. The lowest BCUT2D eigenvalue weighted by Gasteiger charge is -2.36.